The number of amides is 1. The van der Waals surface area contributed by atoms with E-state index in [1.54, 1.807) is 15.9 Å². The second kappa shape index (κ2) is 6.01. The van der Waals surface area contributed by atoms with Crippen molar-refractivity contribution in [2.45, 2.75) is 51.4 Å². The molecule has 0 unspecified atom stereocenters. The van der Waals surface area contributed by atoms with Crippen LogP contribution in [0.5, 0.6) is 0 Å². The number of azide groups is 1. The molecule has 1 saturated heterocycles. The summed E-state index contributed by atoms with van der Waals surface area (Å²) in [5.41, 5.74) is 8.01. The van der Waals surface area contributed by atoms with Gasteiger partial charge >= 0.3 is 6.09 Å². The Kier molecular flexibility index (Phi) is 4.32. The molecule has 1 fully saturated rings. The van der Waals surface area contributed by atoms with Gasteiger partial charge in [-0.3, -0.25) is 4.68 Å². The maximum atomic E-state index is 12.3. The van der Waals surface area contributed by atoms with Crippen LogP contribution in [0.1, 0.15) is 27.2 Å². The van der Waals surface area contributed by atoms with E-state index in [0.717, 1.165) is 0 Å². The summed E-state index contributed by atoms with van der Waals surface area (Å²) in [5.74, 6) is 0. The summed E-state index contributed by atoms with van der Waals surface area (Å²) in [6.07, 6.45) is 3.22. The SMILES string of the molecule is CC(C)(C)OC(=O)N1C[C@H](N=[N+]=[N-])C[C@H]1Cn1cncn1. The smallest absolute Gasteiger partial charge is 0.410 e. The van der Waals surface area contributed by atoms with Gasteiger partial charge in [0.1, 0.15) is 18.3 Å². The van der Waals surface area contributed by atoms with Gasteiger partial charge in [-0.1, -0.05) is 5.11 Å². The van der Waals surface area contributed by atoms with E-state index >= 15 is 0 Å². The van der Waals surface area contributed by atoms with Gasteiger partial charge in [0.15, 0.2) is 0 Å². The first-order valence-corrected chi connectivity index (χ1v) is 6.75. The largest absolute Gasteiger partial charge is 0.444 e. The summed E-state index contributed by atoms with van der Waals surface area (Å²) in [4.78, 5) is 20.6. The molecule has 1 aliphatic rings. The number of hydrogen-bond donors (Lipinski definition) is 0. The van der Waals surface area contributed by atoms with Crippen molar-refractivity contribution in [2.24, 2.45) is 5.11 Å². The van der Waals surface area contributed by atoms with Gasteiger partial charge in [-0.05, 0) is 32.7 Å². The Balaban J connectivity index is 2.10. The molecule has 0 saturated carbocycles. The Morgan fingerprint density at radius 2 is 2.33 bits per heavy atom. The average Bonchev–Trinajstić information content (AvgIpc) is 2.98. The van der Waals surface area contributed by atoms with Crippen molar-refractivity contribution < 1.29 is 9.53 Å². The van der Waals surface area contributed by atoms with Gasteiger partial charge in [0.2, 0.25) is 0 Å². The standard InChI is InChI=1S/C12H19N7O2/c1-12(2,3)21-11(20)19-5-9(16-17-13)4-10(19)6-18-8-14-7-15-18/h7-10H,4-6H2,1-3H3/t9-,10+/m1/s1. The first-order chi connectivity index (χ1) is 9.89. The zero-order valence-electron chi connectivity index (χ0n) is 12.4. The molecule has 1 aromatic rings. The average molecular weight is 293 g/mol. The lowest BCUT2D eigenvalue weighted by atomic mass is 10.2. The molecule has 0 aliphatic carbocycles. The number of ether oxygens (including phenoxy) is 1. The summed E-state index contributed by atoms with van der Waals surface area (Å²) in [6, 6.07) is -0.368. The van der Waals surface area contributed by atoms with Crippen LogP contribution >= 0.6 is 0 Å². The van der Waals surface area contributed by atoms with Gasteiger partial charge < -0.3 is 9.64 Å². The van der Waals surface area contributed by atoms with Crippen LogP contribution in [0.15, 0.2) is 17.8 Å². The summed E-state index contributed by atoms with van der Waals surface area (Å²) in [6.45, 7) is 6.31. The highest BCUT2D eigenvalue weighted by Crippen LogP contribution is 2.24. The predicted molar refractivity (Wildman–Crippen MR) is 74.3 cm³/mol. The van der Waals surface area contributed by atoms with Crippen molar-refractivity contribution in [3.8, 4) is 0 Å². The van der Waals surface area contributed by atoms with Crippen molar-refractivity contribution >= 4 is 6.09 Å². The number of rotatable bonds is 3. The number of hydrogen-bond acceptors (Lipinski definition) is 5. The fourth-order valence-corrected chi connectivity index (χ4v) is 2.31. The van der Waals surface area contributed by atoms with Crippen molar-refractivity contribution in [1.29, 1.82) is 0 Å². The molecule has 1 aliphatic heterocycles. The lowest BCUT2D eigenvalue weighted by Crippen LogP contribution is -2.41. The van der Waals surface area contributed by atoms with E-state index in [2.05, 4.69) is 20.1 Å². The third-order valence-electron chi connectivity index (χ3n) is 3.10. The predicted octanol–water partition coefficient (Wildman–Crippen LogP) is 1.97. The van der Waals surface area contributed by atoms with Gasteiger partial charge in [0, 0.05) is 11.5 Å². The minimum Gasteiger partial charge on any atom is -0.444 e. The lowest BCUT2D eigenvalue weighted by Gasteiger charge is -2.28. The van der Waals surface area contributed by atoms with E-state index in [1.807, 2.05) is 20.8 Å². The van der Waals surface area contributed by atoms with E-state index in [9.17, 15) is 4.79 Å². The molecular formula is C12H19N7O2. The molecule has 1 aromatic heterocycles. The van der Waals surface area contributed by atoms with E-state index < -0.39 is 11.7 Å². The van der Waals surface area contributed by atoms with Gasteiger partial charge in [0.25, 0.3) is 0 Å². The van der Waals surface area contributed by atoms with Gasteiger partial charge in [-0.25, -0.2) is 9.78 Å². The third kappa shape index (κ3) is 4.09. The molecule has 21 heavy (non-hydrogen) atoms. The Bertz CT molecular complexity index is 530. The molecule has 9 nitrogen and oxygen atoms in total. The van der Waals surface area contributed by atoms with Crippen molar-refractivity contribution in [1.82, 2.24) is 19.7 Å². The summed E-state index contributed by atoms with van der Waals surface area (Å²) >= 11 is 0. The Labute approximate surface area is 122 Å². The maximum Gasteiger partial charge on any atom is 0.410 e. The number of aromatic nitrogens is 3. The van der Waals surface area contributed by atoms with Gasteiger partial charge in [-0.2, -0.15) is 5.10 Å². The number of likely N-dealkylation sites (tertiary alicyclic amines) is 1. The van der Waals surface area contributed by atoms with E-state index in [-0.39, 0.29) is 12.1 Å². The second-order valence-electron chi connectivity index (χ2n) is 6.00. The fourth-order valence-electron chi connectivity index (χ4n) is 2.31. The molecule has 9 heteroatoms. The first-order valence-electron chi connectivity index (χ1n) is 6.75. The maximum absolute atomic E-state index is 12.3. The molecule has 2 rings (SSSR count). The Hall–Kier alpha value is -2.28. The van der Waals surface area contributed by atoms with Crippen LogP contribution in [0.4, 0.5) is 4.79 Å². The second-order valence-corrected chi connectivity index (χ2v) is 6.00. The number of nitrogens with zero attached hydrogens (tertiary/aromatic N) is 7. The van der Waals surface area contributed by atoms with Crippen LogP contribution in [0.2, 0.25) is 0 Å². The molecule has 0 aromatic carbocycles. The molecule has 0 radical (unpaired) electrons. The molecule has 1 amide bonds. The van der Waals surface area contributed by atoms with Crippen LogP contribution < -0.4 is 0 Å². The van der Waals surface area contributed by atoms with E-state index in [1.165, 1.54) is 6.33 Å². The Morgan fingerprint density at radius 1 is 1.57 bits per heavy atom. The zero-order valence-corrected chi connectivity index (χ0v) is 12.4. The summed E-state index contributed by atoms with van der Waals surface area (Å²) in [5, 5.41) is 7.76. The highest BCUT2D eigenvalue weighted by molar-refractivity contribution is 5.69. The topological polar surface area (TPSA) is 109 Å². The summed E-state index contributed by atoms with van der Waals surface area (Å²) < 4.78 is 7.06. The number of carbonyl (C=O) groups excluding carboxylic acids is 1. The highest BCUT2D eigenvalue weighted by Gasteiger charge is 2.37. The first kappa shape index (κ1) is 15.1. The highest BCUT2D eigenvalue weighted by atomic mass is 16.6. The van der Waals surface area contributed by atoms with Crippen molar-refractivity contribution in [3.63, 3.8) is 0 Å². The lowest BCUT2D eigenvalue weighted by molar-refractivity contribution is 0.0210. The van der Waals surface area contributed by atoms with Crippen molar-refractivity contribution in [2.75, 3.05) is 6.54 Å². The van der Waals surface area contributed by atoms with Crippen LogP contribution in [-0.4, -0.2) is 50.0 Å². The molecule has 0 spiro atoms. The van der Waals surface area contributed by atoms with Crippen LogP contribution in [-0.2, 0) is 11.3 Å². The van der Waals surface area contributed by atoms with E-state index in [4.69, 9.17) is 10.3 Å². The minimum absolute atomic E-state index is 0.128. The summed E-state index contributed by atoms with van der Waals surface area (Å²) in [7, 11) is 0. The molecule has 2 atom stereocenters. The Morgan fingerprint density at radius 3 is 2.90 bits per heavy atom. The molecule has 0 bridgehead atoms. The minimum atomic E-state index is -0.564. The van der Waals surface area contributed by atoms with Crippen molar-refractivity contribution in [3.05, 3.63) is 23.1 Å². The third-order valence-corrected chi connectivity index (χ3v) is 3.10. The zero-order chi connectivity index (χ0) is 15.5. The number of carbonyl (C=O) groups is 1. The molecule has 114 valence electrons. The van der Waals surface area contributed by atoms with E-state index in [0.29, 0.717) is 19.5 Å². The molecule has 0 N–H and O–H groups in total. The van der Waals surface area contributed by atoms with Gasteiger partial charge in [0.05, 0.1) is 18.6 Å². The fraction of sp³-hybridized carbons (Fsp3) is 0.750. The van der Waals surface area contributed by atoms with Gasteiger partial charge in [-0.15, -0.1) is 0 Å². The quantitative estimate of drug-likeness (QED) is 0.482. The normalized spacial score (nSPS) is 22.0. The molecular weight excluding hydrogens is 274 g/mol. The van der Waals surface area contributed by atoms with Crippen LogP contribution in [0.25, 0.3) is 10.4 Å². The molecule has 2 heterocycles. The van der Waals surface area contributed by atoms with Crippen LogP contribution in [0.3, 0.4) is 0 Å². The van der Waals surface area contributed by atoms with Crippen LogP contribution in [0, 0.1) is 0 Å². The monoisotopic (exact) mass is 293 g/mol.